The van der Waals surface area contributed by atoms with E-state index in [-0.39, 0.29) is 0 Å². The van der Waals surface area contributed by atoms with Crippen LogP contribution in [0.2, 0.25) is 24.8 Å². The second kappa shape index (κ2) is 4.11. The minimum Gasteiger partial charge on any atom is -0.243 e. The Hall–Kier alpha value is 0.137. The molecule has 0 atom stereocenters. The smallest absolute Gasteiger partial charge is 0.143 e. The molecule has 1 nitrogen and oxygen atoms in total. The molecule has 0 radical (unpaired) electrons. The Morgan fingerprint density at radius 2 is 2.08 bits per heavy atom. The van der Waals surface area contributed by atoms with Crippen molar-refractivity contribution in [2.75, 3.05) is 0 Å². The van der Waals surface area contributed by atoms with E-state index in [0.29, 0.717) is 5.15 Å². The maximum absolute atomic E-state index is 5.90. The molecule has 0 aromatic carbocycles. The maximum Gasteiger partial charge on any atom is 0.143 e. The Bertz CT molecular complexity index is 309. The molecule has 0 spiro atoms. The summed E-state index contributed by atoms with van der Waals surface area (Å²) >= 11 is 9.36. The first-order valence-corrected chi connectivity index (χ1v) is 9.07. The molecule has 0 fully saturated rings. The second-order valence-corrected chi connectivity index (χ2v) is 10.9. The minimum atomic E-state index is -1.07. The van der Waals surface area contributed by atoms with Gasteiger partial charge in [0, 0.05) is 14.3 Å². The average Bonchev–Trinajstić information content (AvgIpc) is 1.96. The van der Waals surface area contributed by atoms with Gasteiger partial charge in [0.1, 0.15) is 5.15 Å². The summed E-state index contributed by atoms with van der Waals surface area (Å²) < 4.78 is 0.957. The molecular weight excluding hydrogens is 266 g/mol. The molecule has 0 aliphatic rings. The minimum absolute atomic E-state index is 0.566. The van der Waals surface area contributed by atoms with Crippen molar-refractivity contribution < 1.29 is 0 Å². The highest BCUT2D eigenvalue weighted by molar-refractivity contribution is 9.10. The van der Waals surface area contributed by atoms with Crippen LogP contribution in [-0.2, 0) is 6.04 Å². The molecule has 0 aliphatic heterocycles. The van der Waals surface area contributed by atoms with E-state index in [9.17, 15) is 0 Å². The predicted molar refractivity (Wildman–Crippen MR) is 64.0 cm³/mol. The van der Waals surface area contributed by atoms with Gasteiger partial charge in [0.2, 0.25) is 0 Å². The molecule has 0 saturated carbocycles. The number of nitrogens with zero attached hydrogens (tertiary/aromatic N) is 1. The van der Waals surface area contributed by atoms with Gasteiger partial charge in [0.25, 0.3) is 0 Å². The highest BCUT2D eigenvalue weighted by atomic mass is 79.9. The lowest BCUT2D eigenvalue weighted by molar-refractivity contribution is 1.21. The number of aromatic nitrogens is 1. The van der Waals surface area contributed by atoms with Gasteiger partial charge < -0.3 is 0 Å². The molecule has 0 bridgehead atoms. The lowest BCUT2D eigenvalue weighted by atomic mass is 10.3. The molecule has 1 heterocycles. The van der Waals surface area contributed by atoms with Gasteiger partial charge in [-0.3, -0.25) is 0 Å². The quantitative estimate of drug-likeness (QED) is 0.590. The Labute approximate surface area is 93.7 Å². The van der Waals surface area contributed by atoms with E-state index in [0.717, 1.165) is 10.5 Å². The summed E-state index contributed by atoms with van der Waals surface area (Å²) in [5.41, 5.74) is 1.28. The number of pyridine rings is 1. The monoisotopic (exact) mass is 277 g/mol. The third-order valence-corrected chi connectivity index (χ3v) is 4.49. The van der Waals surface area contributed by atoms with Crippen LogP contribution in [0.4, 0.5) is 0 Å². The Morgan fingerprint density at radius 1 is 1.46 bits per heavy atom. The molecule has 0 amide bonds. The summed E-state index contributed by atoms with van der Waals surface area (Å²) in [4.78, 5) is 4.00. The van der Waals surface area contributed by atoms with Crippen LogP contribution in [0.15, 0.2) is 16.7 Å². The molecule has 1 aromatic heterocycles. The molecular formula is C9H13BrClNSi. The predicted octanol–water partition coefficient (Wildman–Crippen LogP) is 3.92. The lowest BCUT2D eigenvalue weighted by Crippen LogP contribution is -2.24. The zero-order valence-corrected chi connectivity index (χ0v) is 11.4. The van der Waals surface area contributed by atoms with Gasteiger partial charge in [0.05, 0.1) is 4.47 Å². The fourth-order valence-corrected chi connectivity index (χ4v) is 3.41. The summed E-state index contributed by atoms with van der Waals surface area (Å²) in [7, 11) is -1.07. The van der Waals surface area contributed by atoms with Crippen molar-refractivity contribution in [2.24, 2.45) is 0 Å². The topological polar surface area (TPSA) is 12.9 Å². The third-order valence-electron chi connectivity index (χ3n) is 1.65. The van der Waals surface area contributed by atoms with Crippen molar-refractivity contribution in [3.8, 4) is 0 Å². The van der Waals surface area contributed by atoms with Gasteiger partial charge >= 0.3 is 0 Å². The molecule has 1 rings (SSSR count). The van der Waals surface area contributed by atoms with Crippen LogP contribution in [0.3, 0.4) is 0 Å². The van der Waals surface area contributed by atoms with Gasteiger partial charge in [-0.1, -0.05) is 31.2 Å². The van der Waals surface area contributed by atoms with Crippen molar-refractivity contribution in [1.29, 1.82) is 0 Å². The fraction of sp³-hybridized carbons (Fsp3) is 0.444. The number of hydrogen-bond donors (Lipinski definition) is 0. The van der Waals surface area contributed by atoms with Crippen molar-refractivity contribution in [2.45, 2.75) is 25.7 Å². The third kappa shape index (κ3) is 3.41. The summed E-state index contributed by atoms with van der Waals surface area (Å²) in [5, 5.41) is 0.566. The van der Waals surface area contributed by atoms with Gasteiger partial charge in [-0.2, -0.15) is 0 Å². The van der Waals surface area contributed by atoms with Crippen molar-refractivity contribution >= 4 is 35.6 Å². The summed E-state index contributed by atoms with van der Waals surface area (Å²) in [6.07, 6.45) is 1.77. The first-order chi connectivity index (χ1) is 5.90. The molecule has 4 heteroatoms. The van der Waals surface area contributed by atoms with Crippen molar-refractivity contribution in [3.05, 3.63) is 27.5 Å². The van der Waals surface area contributed by atoms with E-state index >= 15 is 0 Å². The summed E-state index contributed by atoms with van der Waals surface area (Å²) in [5.74, 6) is 0. The fourth-order valence-electron chi connectivity index (χ4n) is 1.16. The molecule has 13 heavy (non-hydrogen) atoms. The molecule has 72 valence electrons. The highest BCUT2D eigenvalue weighted by Crippen LogP contribution is 2.26. The Kier molecular flexibility index (Phi) is 3.55. The van der Waals surface area contributed by atoms with Crippen LogP contribution in [0.1, 0.15) is 5.56 Å². The molecule has 0 saturated heterocycles. The average molecular weight is 279 g/mol. The Morgan fingerprint density at radius 3 is 2.62 bits per heavy atom. The van der Waals surface area contributed by atoms with Crippen LogP contribution in [0.5, 0.6) is 0 Å². The second-order valence-electron chi connectivity index (χ2n) is 4.31. The zero-order chi connectivity index (χ0) is 10.1. The van der Waals surface area contributed by atoms with E-state index in [2.05, 4.69) is 40.6 Å². The van der Waals surface area contributed by atoms with Crippen molar-refractivity contribution in [3.63, 3.8) is 0 Å². The normalized spacial score (nSPS) is 11.8. The van der Waals surface area contributed by atoms with E-state index < -0.39 is 8.07 Å². The first-order valence-electron chi connectivity index (χ1n) is 4.19. The molecule has 1 aromatic rings. The van der Waals surface area contributed by atoms with Gasteiger partial charge in [-0.15, -0.1) is 0 Å². The van der Waals surface area contributed by atoms with Gasteiger partial charge in [0.15, 0.2) is 0 Å². The van der Waals surface area contributed by atoms with E-state index in [1.807, 2.05) is 6.07 Å². The van der Waals surface area contributed by atoms with Crippen LogP contribution in [0.25, 0.3) is 0 Å². The zero-order valence-electron chi connectivity index (χ0n) is 8.06. The largest absolute Gasteiger partial charge is 0.243 e. The van der Waals surface area contributed by atoms with Crippen LogP contribution in [0, 0.1) is 0 Å². The molecule has 0 N–H and O–H groups in total. The summed E-state index contributed by atoms with van der Waals surface area (Å²) in [6.45, 7) is 7.02. The number of rotatable bonds is 2. The van der Waals surface area contributed by atoms with Crippen LogP contribution in [-0.4, -0.2) is 13.1 Å². The Balaban J connectivity index is 2.96. The highest BCUT2D eigenvalue weighted by Gasteiger charge is 2.16. The SMILES string of the molecule is C[Si](C)(C)Cc1ccnc(Cl)c1Br. The summed E-state index contributed by atoms with van der Waals surface area (Å²) in [6, 6.07) is 3.17. The molecule has 0 aliphatic carbocycles. The van der Waals surface area contributed by atoms with Crippen LogP contribution < -0.4 is 0 Å². The number of hydrogen-bond acceptors (Lipinski definition) is 1. The van der Waals surface area contributed by atoms with Crippen molar-refractivity contribution in [1.82, 2.24) is 4.98 Å². The van der Waals surface area contributed by atoms with E-state index in [4.69, 9.17) is 11.6 Å². The number of halogens is 2. The molecule has 0 unspecified atom stereocenters. The van der Waals surface area contributed by atoms with E-state index in [1.54, 1.807) is 6.20 Å². The van der Waals surface area contributed by atoms with Gasteiger partial charge in [-0.05, 0) is 33.6 Å². The lowest BCUT2D eigenvalue weighted by Gasteiger charge is -2.16. The maximum atomic E-state index is 5.90. The standard InChI is InChI=1S/C9H13BrClNSi/c1-13(2,3)6-7-4-5-12-9(11)8(7)10/h4-5H,6H2,1-3H3. The van der Waals surface area contributed by atoms with Gasteiger partial charge in [-0.25, -0.2) is 4.98 Å². The van der Waals surface area contributed by atoms with E-state index in [1.165, 1.54) is 5.56 Å². The first kappa shape index (κ1) is 11.2. The van der Waals surface area contributed by atoms with Crippen LogP contribution >= 0.6 is 27.5 Å².